The lowest BCUT2D eigenvalue weighted by Crippen LogP contribution is -2.49. The molecule has 2 fully saturated rings. The molecule has 2 aromatic carbocycles. The van der Waals surface area contributed by atoms with Gasteiger partial charge in [0.05, 0.1) is 18.3 Å². The number of H-pyrrole nitrogens is 1. The molecule has 10 heteroatoms. The van der Waals surface area contributed by atoms with Crippen molar-refractivity contribution in [2.45, 2.75) is 44.7 Å². The molecule has 1 aliphatic carbocycles. The number of hydrogen-bond acceptors (Lipinski definition) is 7. The maximum Gasteiger partial charge on any atom is 0.253 e. The molecule has 198 valence electrons. The summed E-state index contributed by atoms with van der Waals surface area (Å²) in [5, 5.41) is 13.8. The van der Waals surface area contributed by atoms with Gasteiger partial charge in [0.15, 0.2) is 5.82 Å². The molecule has 38 heavy (non-hydrogen) atoms. The normalized spacial score (nSPS) is 17.8. The fraction of sp³-hybridized carbons (Fsp3) is 0.429. The van der Waals surface area contributed by atoms with Crippen molar-refractivity contribution in [2.24, 2.45) is 0 Å². The van der Waals surface area contributed by atoms with E-state index in [-0.39, 0.29) is 17.4 Å². The molecule has 9 nitrogen and oxygen atoms in total. The summed E-state index contributed by atoms with van der Waals surface area (Å²) in [6.07, 6.45) is 4.34. The highest BCUT2D eigenvalue weighted by Gasteiger charge is 2.35. The summed E-state index contributed by atoms with van der Waals surface area (Å²) < 4.78 is 22.1. The van der Waals surface area contributed by atoms with E-state index in [4.69, 9.17) is 4.74 Å². The molecule has 0 amide bonds. The van der Waals surface area contributed by atoms with E-state index in [1.165, 1.54) is 6.07 Å². The van der Waals surface area contributed by atoms with E-state index >= 15 is 0 Å². The predicted molar refractivity (Wildman–Crippen MR) is 143 cm³/mol. The van der Waals surface area contributed by atoms with Crippen LogP contribution < -0.4 is 15.2 Å². The van der Waals surface area contributed by atoms with Crippen molar-refractivity contribution in [3.8, 4) is 5.75 Å². The van der Waals surface area contributed by atoms with E-state index in [1.54, 1.807) is 6.07 Å². The lowest BCUT2D eigenvalue weighted by molar-refractivity contribution is 0.196. The molecule has 3 heterocycles. The molecule has 1 atom stereocenters. The van der Waals surface area contributed by atoms with Crippen molar-refractivity contribution in [1.29, 1.82) is 0 Å². The Labute approximate surface area is 220 Å². The molecule has 2 aromatic heterocycles. The molecular formula is C28H32FN7O2. The first-order chi connectivity index (χ1) is 18.6. The number of fused-ring (bicyclic) bond motifs is 1. The Hall–Kier alpha value is -3.79. The average molecular weight is 518 g/mol. The van der Waals surface area contributed by atoms with Gasteiger partial charge in [-0.25, -0.2) is 9.07 Å². The van der Waals surface area contributed by atoms with E-state index < -0.39 is 6.04 Å². The van der Waals surface area contributed by atoms with Gasteiger partial charge >= 0.3 is 0 Å². The lowest BCUT2D eigenvalue weighted by atomic mass is 10.0. The summed E-state index contributed by atoms with van der Waals surface area (Å²) >= 11 is 0. The average Bonchev–Trinajstić information content (AvgIpc) is 3.63. The summed E-state index contributed by atoms with van der Waals surface area (Å²) in [6, 6.07) is 14.3. The molecule has 1 saturated heterocycles. The van der Waals surface area contributed by atoms with Gasteiger partial charge in [-0.3, -0.25) is 9.69 Å². The number of aromatic amines is 1. The Morgan fingerprint density at radius 1 is 1.08 bits per heavy atom. The van der Waals surface area contributed by atoms with Gasteiger partial charge in [0.2, 0.25) is 0 Å². The van der Waals surface area contributed by atoms with Crippen LogP contribution in [-0.4, -0.2) is 62.9 Å². The molecular weight excluding hydrogens is 485 g/mol. The number of piperazine rings is 1. The first-order valence-corrected chi connectivity index (χ1v) is 13.4. The summed E-state index contributed by atoms with van der Waals surface area (Å²) in [4.78, 5) is 20.9. The van der Waals surface area contributed by atoms with Crippen LogP contribution in [0.15, 0.2) is 53.3 Å². The minimum atomic E-state index is -0.433. The van der Waals surface area contributed by atoms with Gasteiger partial charge in [-0.05, 0) is 66.6 Å². The fourth-order valence-electron chi connectivity index (χ4n) is 5.88. The smallest absolute Gasteiger partial charge is 0.253 e. The Morgan fingerprint density at radius 2 is 1.87 bits per heavy atom. The number of nitrogens with one attached hydrogen (secondary N) is 1. The van der Waals surface area contributed by atoms with Gasteiger partial charge in [0.1, 0.15) is 17.6 Å². The van der Waals surface area contributed by atoms with E-state index in [9.17, 15) is 9.18 Å². The van der Waals surface area contributed by atoms with Crippen molar-refractivity contribution in [3.63, 3.8) is 0 Å². The number of pyridine rings is 1. The number of nitrogens with zero attached hydrogens (tertiary/aromatic N) is 6. The highest BCUT2D eigenvalue weighted by Crippen LogP contribution is 2.35. The zero-order valence-corrected chi connectivity index (χ0v) is 21.5. The number of halogens is 1. The summed E-state index contributed by atoms with van der Waals surface area (Å²) in [5.41, 5.74) is 1.79. The van der Waals surface area contributed by atoms with Crippen molar-refractivity contribution in [2.75, 3.05) is 37.7 Å². The third-order valence-corrected chi connectivity index (χ3v) is 7.76. The molecule has 6 rings (SSSR count). The summed E-state index contributed by atoms with van der Waals surface area (Å²) in [5.74, 6) is 1.21. The second kappa shape index (κ2) is 10.5. The van der Waals surface area contributed by atoms with Crippen molar-refractivity contribution < 1.29 is 9.13 Å². The molecule has 4 aromatic rings. The van der Waals surface area contributed by atoms with Crippen molar-refractivity contribution >= 4 is 16.6 Å². The standard InChI is InChI=1S/C28H32FN7O2/c1-2-38-21-11-12-24-19(17-21)18-22(28(37)30-24)26(27-31-32-33-36(27)20-7-3-4-8-20)35-15-13-34(14-16-35)25-10-6-5-9-23(25)29/h5-6,9-12,17-18,20,26H,2-4,7-8,13-16H2,1H3,(H,30,37)/t26-/m0/s1. The third kappa shape index (κ3) is 4.64. The Kier molecular flexibility index (Phi) is 6.80. The first-order valence-electron chi connectivity index (χ1n) is 13.4. The number of aromatic nitrogens is 5. The van der Waals surface area contributed by atoms with Crippen molar-refractivity contribution in [3.05, 3.63) is 76.1 Å². The van der Waals surface area contributed by atoms with Gasteiger partial charge in [0, 0.05) is 42.6 Å². The Bertz CT molecular complexity index is 1470. The third-order valence-electron chi connectivity index (χ3n) is 7.76. The van der Waals surface area contributed by atoms with Crippen molar-refractivity contribution in [1.82, 2.24) is 30.1 Å². The van der Waals surface area contributed by atoms with Crippen LogP contribution in [0.4, 0.5) is 10.1 Å². The van der Waals surface area contributed by atoms with Crippen LogP contribution in [0.3, 0.4) is 0 Å². The molecule has 0 spiro atoms. The maximum atomic E-state index is 14.5. The molecule has 0 radical (unpaired) electrons. The zero-order valence-electron chi connectivity index (χ0n) is 21.5. The minimum Gasteiger partial charge on any atom is -0.494 e. The highest BCUT2D eigenvalue weighted by atomic mass is 19.1. The number of anilines is 1. The molecule has 1 saturated carbocycles. The fourth-order valence-corrected chi connectivity index (χ4v) is 5.88. The SMILES string of the molecule is CCOc1ccc2[nH]c(=O)c([C@@H](c3nnnn3C3CCCC3)N3CCN(c4ccccc4F)CC3)cc2c1. The molecule has 2 aliphatic rings. The van der Waals surface area contributed by atoms with E-state index in [0.717, 1.165) is 42.3 Å². The van der Waals surface area contributed by atoms with Gasteiger partial charge in [-0.2, -0.15) is 0 Å². The van der Waals surface area contributed by atoms with Gasteiger partial charge in [0.25, 0.3) is 5.56 Å². The topological polar surface area (TPSA) is 92.2 Å². The van der Waals surface area contributed by atoms with E-state index in [1.807, 2.05) is 48.0 Å². The lowest BCUT2D eigenvalue weighted by Gasteiger charge is -2.39. The van der Waals surface area contributed by atoms with E-state index in [2.05, 4.69) is 30.3 Å². The predicted octanol–water partition coefficient (Wildman–Crippen LogP) is 4.08. The number of rotatable bonds is 7. The monoisotopic (exact) mass is 517 g/mol. The van der Waals surface area contributed by atoms with Crippen LogP contribution in [0.25, 0.3) is 10.9 Å². The second-order valence-corrected chi connectivity index (χ2v) is 10.0. The maximum absolute atomic E-state index is 14.5. The minimum absolute atomic E-state index is 0.163. The molecule has 0 bridgehead atoms. The molecule has 1 aliphatic heterocycles. The second-order valence-electron chi connectivity index (χ2n) is 10.0. The Balaban J connectivity index is 1.39. The largest absolute Gasteiger partial charge is 0.494 e. The molecule has 0 unspecified atom stereocenters. The van der Waals surface area contributed by atoms with Crippen LogP contribution in [-0.2, 0) is 0 Å². The van der Waals surface area contributed by atoms with Gasteiger partial charge in [-0.15, -0.1) is 5.10 Å². The zero-order chi connectivity index (χ0) is 26.1. The van der Waals surface area contributed by atoms with Gasteiger partial charge in [-0.1, -0.05) is 25.0 Å². The Morgan fingerprint density at radius 3 is 2.63 bits per heavy atom. The summed E-state index contributed by atoms with van der Waals surface area (Å²) in [7, 11) is 0. The van der Waals surface area contributed by atoms with Crippen LogP contribution in [0.1, 0.15) is 56.1 Å². The quantitative estimate of drug-likeness (QED) is 0.395. The van der Waals surface area contributed by atoms with Crippen LogP contribution in [0.5, 0.6) is 5.75 Å². The van der Waals surface area contributed by atoms with Crippen LogP contribution >= 0.6 is 0 Å². The van der Waals surface area contributed by atoms with Crippen LogP contribution in [0.2, 0.25) is 0 Å². The number of para-hydroxylation sites is 1. The van der Waals surface area contributed by atoms with Gasteiger partial charge < -0.3 is 14.6 Å². The highest BCUT2D eigenvalue weighted by molar-refractivity contribution is 5.80. The molecule has 1 N–H and O–H groups in total. The number of benzene rings is 2. The van der Waals surface area contributed by atoms with Crippen LogP contribution in [0, 0.1) is 5.82 Å². The summed E-state index contributed by atoms with van der Waals surface area (Å²) in [6.45, 7) is 5.03. The first kappa shape index (κ1) is 24.5. The van der Waals surface area contributed by atoms with E-state index in [0.29, 0.717) is 49.9 Å². The number of tetrazole rings is 1. The number of hydrogen-bond donors (Lipinski definition) is 1. The number of ether oxygens (including phenoxy) is 1.